The predicted molar refractivity (Wildman–Crippen MR) is 225 cm³/mol. The van der Waals surface area contributed by atoms with Crippen LogP contribution in [0.15, 0.2) is 163 Å². The summed E-state index contributed by atoms with van der Waals surface area (Å²) in [7, 11) is 0. The van der Waals surface area contributed by atoms with Crippen LogP contribution in [0.5, 0.6) is 0 Å². The summed E-state index contributed by atoms with van der Waals surface area (Å²) in [4.78, 5) is 2.52. The minimum atomic E-state index is 1.02. The van der Waals surface area contributed by atoms with Crippen molar-refractivity contribution < 1.29 is 0 Å². The van der Waals surface area contributed by atoms with Crippen LogP contribution >= 0.6 is 0 Å². The van der Waals surface area contributed by atoms with Gasteiger partial charge in [-0.1, -0.05) is 128 Å². The Morgan fingerprint density at radius 2 is 1.37 bits per heavy atom. The van der Waals surface area contributed by atoms with Gasteiger partial charge >= 0.3 is 0 Å². The summed E-state index contributed by atoms with van der Waals surface area (Å²) < 4.78 is 0. The Balaban J connectivity index is 1.21. The zero-order valence-electron chi connectivity index (χ0n) is 30.2. The second kappa shape index (κ2) is 13.8. The summed E-state index contributed by atoms with van der Waals surface area (Å²) in [5.41, 5.74) is 17.3. The highest BCUT2D eigenvalue weighted by Crippen LogP contribution is 2.46. The van der Waals surface area contributed by atoms with E-state index in [-0.39, 0.29) is 0 Å². The Morgan fingerprint density at radius 1 is 0.654 bits per heavy atom. The number of allylic oxidation sites excluding steroid dienone is 13. The average molecular weight is 672 g/mol. The molecule has 0 spiro atoms. The van der Waals surface area contributed by atoms with E-state index in [1.807, 2.05) is 0 Å². The Hall–Kier alpha value is -5.66. The van der Waals surface area contributed by atoms with Gasteiger partial charge in [-0.15, -0.1) is 0 Å². The van der Waals surface area contributed by atoms with E-state index in [0.29, 0.717) is 0 Å². The molecule has 1 heterocycles. The lowest BCUT2D eigenvalue weighted by Gasteiger charge is -2.31. The summed E-state index contributed by atoms with van der Waals surface area (Å²) in [5, 5.41) is 5.05. The fourth-order valence-electron chi connectivity index (χ4n) is 8.95. The van der Waals surface area contributed by atoms with E-state index in [9.17, 15) is 0 Å². The fraction of sp³-hybridized carbons (Fsp3) is 0.176. The van der Waals surface area contributed by atoms with Gasteiger partial charge in [0.2, 0.25) is 0 Å². The molecule has 0 fully saturated rings. The Morgan fingerprint density at radius 3 is 2.13 bits per heavy atom. The normalized spacial score (nSPS) is 17.0. The molecule has 0 radical (unpaired) electrons. The Labute approximate surface area is 308 Å². The molecular formula is C51H45N. The maximum absolute atomic E-state index is 4.79. The lowest BCUT2D eigenvalue weighted by molar-refractivity contribution is 0.863. The fourth-order valence-corrected chi connectivity index (χ4v) is 8.95. The SMILES string of the molecule is C=C(/C=C\C(=C/C)N1C2=C(C=CCC2)CCc2ccccc21)c1c2ccccc2c(-c2cc3c(cc2C2=CC=CCC2)C=CCC3)c2ccccc12. The molecule has 1 aliphatic heterocycles. The summed E-state index contributed by atoms with van der Waals surface area (Å²) in [6, 6.07) is 31.9. The first-order chi connectivity index (χ1) is 25.7. The first-order valence-electron chi connectivity index (χ1n) is 19.1. The van der Waals surface area contributed by atoms with Gasteiger partial charge in [0, 0.05) is 17.1 Å². The van der Waals surface area contributed by atoms with Crippen LogP contribution in [0, 0.1) is 0 Å². The minimum absolute atomic E-state index is 1.02. The van der Waals surface area contributed by atoms with Crippen molar-refractivity contribution in [2.24, 2.45) is 0 Å². The molecule has 0 aromatic heterocycles. The Kier molecular flexibility index (Phi) is 8.57. The van der Waals surface area contributed by atoms with E-state index in [1.54, 1.807) is 0 Å². The number of benzene rings is 5. The van der Waals surface area contributed by atoms with E-state index in [1.165, 1.54) is 88.7 Å². The lowest BCUT2D eigenvalue weighted by Crippen LogP contribution is -2.23. The number of anilines is 1. The van der Waals surface area contributed by atoms with Crippen LogP contribution < -0.4 is 4.90 Å². The number of fused-ring (bicyclic) bond motifs is 4. The van der Waals surface area contributed by atoms with Gasteiger partial charge in [0.1, 0.15) is 0 Å². The molecule has 52 heavy (non-hydrogen) atoms. The van der Waals surface area contributed by atoms with Crippen molar-refractivity contribution in [2.45, 2.75) is 58.3 Å². The number of para-hydroxylation sites is 1. The van der Waals surface area contributed by atoms with Gasteiger partial charge in [-0.3, -0.25) is 0 Å². The predicted octanol–water partition coefficient (Wildman–Crippen LogP) is 13.9. The minimum Gasteiger partial charge on any atom is -0.314 e. The third-order valence-electron chi connectivity index (χ3n) is 11.5. The van der Waals surface area contributed by atoms with Gasteiger partial charge in [0.25, 0.3) is 0 Å². The van der Waals surface area contributed by atoms with Gasteiger partial charge in [-0.25, -0.2) is 0 Å². The topological polar surface area (TPSA) is 3.24 Å². The monoisotopic (exact) mass is 671 g/mol. The molecule has 0 atom stereocenters. The molecular weight excluding hydrogens is 627 g/mol. The van der Waals surface area contributed by atoms with Crippen LogP contribution in [0.3, 0.4) is 0 Å². The van der Waals surface area contributed by atoms with Crippen molar-refractivity contribution in [3.05, 3.63) is 191 Å². The van der Waals surface area contributed by atoms with E-state index in [0.717, 1.165) is 56.9 Å². The van der Waals surface area contributed by atoms with Gasteiger partial charge in [-0.05, 0) is 160 Å². The van der Waals surface area contributed by atoms with E-state index in [4.69, 9.17) is 6.58 Å². The summed E-state index contributed by atoms with van der Waals surface area (Å²) in [6.07, 6.45) is 31.6. The molecule has 0 saturated carbocycles. The second-order valence-corrected chi connectivity index (χ2v) is 14.5. The number of aryl methyl sites for hydroxylation is 2. The maximum atomic E-state index is 4.79. The maximum Gasteiger partial charge on any atom is 0.0490 e. The first-order valence-corrected chi connectivity index (χ1v) is 19.1. The van der Waals surface area contributed by atoms with E-state index >= 15 is 0 Å². The number of rotatable bonds is 6. The molecule has 0 N–H and O–H groups in total. The van der Waals surface area contributed by atoms with Gasteiger partial charge < -0.3 is 4.90 Å². The molecule has 5 aromatic carbocycles. The van der Waals surface area contributed by atoms with Crippen molar-refractivity contribution in [1.29, 1.82) is 0 Å². The van der Waals surface area contributed by atoms with Crippen molar-refractivity contribution in [3.63, 3.8) is 0 Å². The van der Waals surface area contributed by atoms with E-state index < -0.39 is 0 Å². The number of hydrogen-bond acceptors (Lipinski definition) is 1. The highest BCUT2D eigenvalue weighted by Gasteiger charge is 2.26. The molecule has 0 saturated heterocycles. The summed E-state index contributed by atoms with van der Waals surface area (Å²) in [6.45, 7) is 6.96. The van der Waals surface area contributed by atoms with Crippen LogP contribution in [0.25, 0.3) is 49.9 Å². The van der Waals surface area contributed by atoms with Crippen molar-refractivity contribution >= 4 is 44.5 Å². The molecule has 9 rings (SSSR count). The average Bonchev–Trinajstić information content (AvgIpc) is 3.37. The van der Waals surface area contributed by atoms with Crippen LogP contribution in [-0.2, 0) is 12.8 Å². The molecule has 1 heteroatoms. The molecule has 254 valence electrons. The molecule has 4 aliphatic rings. The van der Waals surface area contributed by atoms with E-state index in [2.05, 4.69) is 158 Å². The molecule has 0 amide bonds. The lowest BCUT2D eigenvalue weighted by atomic mass is 9.80. The number of nitrogens with zero attached hydrogens (tertiary/aromatic N) is 1. The van der Waals surface area contributed by atoms with Crippen molar-refractivity contribution in [3.8, 4) is 11.1 Å². The largest absolute Gasteiger partial charge is 0.314 e. The third-order valence-corrected chi connectivity index (χ3v) is 11.5. The Bertz CT molecular complexity index is 2430. The van der Waals surface area contributed by atoms with Gasteiger partial charge in [0.15, 0.2) is 0 Å². The van der Waals surface area contributed by atoms with Gasteiger partial charge in [0.05, 0.1) is 0 Å². The van der Waals surface area contributed by atoms with Crippen LogP contribution in [0.1, 0.15) is 73.3 Å². The zero-order chi connectivity index (χ0) is 35.0. The first kappa shape index (κ1) is 32.3. The highest BCUT2D eigenvalue weighted by atomic mass is 15.2. The zero-order valence-corrected chi connectivity index (χ0v) is 30.2. The van der Waals surface area contributed by atoms with Crippen molar-refractivity contribution in [2.75, 3.05) is 4.90 Å². The summed E-state index contributed by atoms with van der Waals surface area (Å²) in [5.74, 6) is 0. The van der Waals surface area contributed by atoms with Crippen LogP contribution in [0.2, 0.25) is 0 Å². The summed E-state index contributed by atoms with van der Waals surface area (Å²) >= 11 is 0. The highest BCUT2D eigenvalue weighted by molar-refractivity contribution is 6.20. The molecule has 3 aliphatic carbocycles. The molecule has 1 nitrogen and oxygen atoms in total. The molecule has 0 bridgehead atoms. The smallest absolute Gasteiger partial charge is 0.0490 e. The van der Waals surface area contributed by atoms with Gasteiger partial charge in [-0.2, -0.15) is 0 Å². The van der Waals surface area contributed by atoms with Crippen LogP contribution in [-0.4, -0.2) is 0 Å². The molecule has 5 aromatic rings. The van der Waals surface area contributed by atoms with Crippen LogP contribution in [0.4, 0.5) is 5.69 Å². The quantitative estimate of drug-likeness (QED) is 0.128. The number of hydrogen-bond donors (Lipinski definition) is 0. The third kappa shape index (κ3) is 5.66. The standard InChI is InChI=1S/C51H45N/c1-3-41(52-48-27-15-9-19-37(48)30-31-38-20-10-16-28-49(38)52)32-29-35(2)50-42-23-11-13-25-44(42)51(45-26-14-12-24-43(45)50)47-34-40-22-8-7-21-39(40)33-46(47)36-17-5-4-6-18-36/h3-5,7,9-15,17,19-21,23-27,29,32-34H,2,6,8,16,18,22,28,30-31H2,1H3/b32-29-,41-3+. The molecule has 0 unspecified atom stereocenters. The second-order valence-electron chi connectivity index (χ2n) is 14.5. The van der Waals surface area contributed by atoms with Crippen molar-refractivity contribution in [1.82, 2.24) is 0 Å².